The predicted octanol–water partition coefficient (Wildman–Crippen LogP) is 5.52. The van der Waals surface area contributed by atoms with Gasteiger partial charge in [0.2, 0.25) is 0 Å². The van der Waals surface area contributed by atoms with E-state index in [1.54, 1.807) is 18.3 Å². The lowest BCUT2D eigenvalue weighted by Gasteiger charge is -2.35. The van der Waals surface area contributed by atoms with Crippen LogP contribution in [0.4, 0.5) is 13.2 Å². The fourth-order valence-electron chi connectivity index (χ4n) is 5.05. The molecule has 5 nitrogen and oxygen atoms in total. The highest BCUT2D eigenvalue weighted by molar-refractivity contribution is 5.99. The molecule has 0 radical (unpaired) electrons. The van der Waals surface area contributed by atoms with Crippen molar-refractivity contribution >= 4 is 12.0 Å². The molecule has 8 heteroatoms. The molecule has 34 heavy (non-hydrogen) atoms. The van der Waals surface area contributed by atoms with Crippen molar-refractivity contribution in [2.24, 2.45) is 0 Å². The van der Waals surface area contributed by atoms with Crippen molar-refractivity contribution in [3.8, 4) is 11.4 Å². The van der Waals surface area contributed by atoms with Gasteiger partial charge in [0.05, 0.1) is 30.9 Å². The smallest absolute Gasteiger partial charge is 0.250 e. The summed E-state index contributed by atoms with van der Waals surface area (Å²) in [5, 5.41) is 0. The van der Waals surface area contributed by atoms with Crippen LogP contribution in [-0.4, -0.2) is 33.5 Å². The van der Waals surface area contributed by atoms with Crippen LogP contribution in [0.15, 0.2) is 48.4 Å². The molecule has 0 bridgehead atoms. The Kier molecular flexibility index (Phi) is 5.67. The Hall–Kier alpha value is -3.55. The molecule has 2 aliphatic heterocycles. The van der Waals surface area contributed by atoms with E-state index >= 15 is 0 Å². The molecule has 0 aliphatic carbocycles. The second-order valence-electron chi connectivity index (χ2n) is 8.82. The lowest BCUT2D eigenvalue weighted by Crippen LogP contribution is -2.41. The first kappa shape index (κ1) is 22.3. The van der Waals surface area contributed by atoms with Gasteiger partial charge in [-0.2, -0.15) is 0 Å². The van der Waals surface area contributed by atoms with E-state index in [1.807, 2.05) is 42.0 Å². The zero-order chi connectivity index (χ0) is 24.0. The molecular formula is C26H24F3N3O2. The van der Waals surface area contributed by atoms with Gasteiger partial charge in [-0.15, -0.1) is 0 Å². The van der Waals surface area contributed by atoms with Gasteiger partial charge in [-0.05, 0) is 74.1 Å². The van der Waals surface area contributed by atoms with Gasteiger partial charge >= 0.3 is 0 Å². The van der Waals surface area contributed by atoms with Crippen LogP contribution < -0.4 is 4.74 Å². The standard InChI is InChI=1S/C26H24F3N3O2/c1-15-13-31(14-30-15)23-7-3-16(10-24(23)34-2)9-17-4-5-19-6-8-22(32(19)26(17)33)18-11-20(27)25(29)21(28)12-18/h3,7,9-14,19,22H,4-6,8H2,1-2H3/t19?,22-/m0/s1. The highest BCUT2D eigenvalue weighted by atomic mass is 19.2. The third-order valence-electron chi connectivity index (χ3n) is 6.68. The number of amides is 1. The van der Waals surface area contributed by atoms with E-state index in [1.165, 1.54) is 0 Å². The Balaban J connectivity index is 1.44. The molecule has 1 unspecified atom stereocenters. The molecule has 0 N–H and O–H groups in total. The second kappa shape index (κ2) is 8.66. The topological polar surface area (TPSA) is 47.4 Å². The number of carbonyl (C=O) groups is 1. The minimum atomic E-state index is -1.49. The molecule has 2 saturated heterocycles. The summed E-state index contributed by atoms with van der Waals surface area (Å²) in [6.45, 7) is 1.91. The largest absolute Gasteiger partial charge is 0.495 e. The first-order chi connectivity index (χ1) is 16.4. The molecule has 2 fully saturated rings. The van der Waals surface area contributed by atoms with Crippen molar-refractivity contribution in [1.29, 1.82) is 0 Å². The fraction of sp³-hybridized carbons (Fsp3) is 0.308. The zero-order valence-corrected chi connectivity index (χ0v) is 18.9. The Morgan fingerprint density at radius 3 is 2.53 bits per heavy atom. The minimum absolute atomic E-state index is 0.00668. The summed E-state index contributed by atoms with van der Waals surface area (Å²) in [6.07, 6.45) is 8.16. The molecule has 3 aromatic rings. The molecule has 176 valence electrons. The monoisotopic (exact) mass is 467 g/mol. The molecule has 0 spiro atoms. The van der Waals surface area contributed by atoms with Crippen LogP contribution in [-0.2, 0) is 4.79 Å². The molecule has 2 atom stereocenters. The summed E-state index contributed by atoms with van der Waals surface area (Å²) >= 11 is 0. The number of nitrogens with zero attached hydrogens (tertiary/aromatic N) is 3. The lowest BCUT2D eigenvalue weighted by molar-refractivity contribution is -0.131. The van der Waals surface area contributed by atoms with Gasteiger partial charge in [-0.3, -0.25) is 4.79 Å². The first-order valence-electron chi connectivity index (χ1n) is 11.2. The number of benzene rings is 2. The Bertz CT molecular complexity index is 1280. The maximum atomic E-state index is 13.9. The summed E-state index contributed by atoms with van der Waals surface area (Å²) in [5.41, 5.74) is 3.44. The molecule has 3 heterocycles. The molecule has 5 rings (SSSR count). The van der Waals surface area contributed by atoms with E-state index in [-0.39, 0.29) is 17.5 Å². The molecule has 1 aromatic heterocycles. The van der Waals surface area contributed by atoms with Crippen LogP contribution >= 0.6 is 0 Å². The first-order valence-corrected chi connectivity index (χ1v) is 11.2. The molecule has 1 amide bonds. The number of carbonyl (C=O) groups excluding carboxylic acids is 1. The van der Waals surface area contributed by atoms with Crippen LogP contribution in [0.2, 0.25) is 0 Å². The summed E-state index contributed by atoms with van der Waals surface area (Å²) in [4.78, 5) is 19.4. The van der Waals surface area contributed by atoms with E-state index in [0.29, 0.717) is 24.2 Å². The number of aryl methyl sites for hydroxylation is 1. The number of aromatic nitrogens is 2. The van der Waals surface area contributed by atoms with Crippen molar-refractivity contribution in [2.75, 3.05) is 7.11 Å². The number of piperidine rings is 1. The number of fused-ring (bicyclic) bond motifs is 1. The quantitative estimate of drug-likeness (QED) is 0.375. The van der Waals surface area contributed by atoms with E-state index < -0.39 is 23.5 Å². The van der Waals surface area contributed by atoms with Crippen molar-refractivity contribution < 1.29 is 22.7 Å². The van der Waals surface area contributed by atoms with Gasteiger partial charge in [0, 0.05) is 17.8 Å². The van der Waals surface area contributed by atoms with Crippen LogP contribution in [0.1, 0.15) is 48.5 Å². The maximum Gasteiger partial charge on any atom is 0.250 e. The number of ether oxygens (including phenoxy) is 1. The van der Waals surface area contributed by atoms with Crippen molar-refractivity contribution in [1.82, 2.24) is 14.5 Å². The predicted molar refractivity (Wildman–Crippen MR) is 121 cm³/mol. The number of hydrogen-bond acceptors (Lipinski definition) is 3. The van der Waals surface area contributed by atoms with Gasteiger partial charge in [0.15, 0.2) is 17.5 Å². The van der Waals surface area contributed by atoms with Crippen LogP contribution in [0.25, 0.3) is 11.8 Å². The third-order valence-corrected chi connectivity index (χ3v) is 6.68. The van der Waals surface area contributed by atoms with Gasteiger partial charge in [0.1, 0.15) is 5.75 Å². The van der Waals surface area contributed by atoms with E-state index in [0.717, 1.165) is 41.9 Å². The van der Waals surface area contributed by atoms with E-state index in [2.05, 4.69) is 4.98 Å². The lowest BCUT2D eigenvalue weighted by atomic mass is 9.95. The molecule has 0 saturated carbocycles. The third kappa shape index (κ3) is 3.87. The SMILES string of the molecule is COc1cc(C=C2CCC3CC[C@@H](c4cc(F)c(F)c(F)c4)N3C2=O)ccc1-n1cnc(C)c1. The number of methoxy groups -OCH3 is 1. The van der Waals surface area contributed by atoms with E-state index in [9.17, 15) is 18.0 Å². The normalized spacial score (nSPS) is 21.3. The number of halogens is 3. The highest BCUT2D eigenvalue weighted by Crippen LogP contribution is 2.43. The Morgan fingerprint density at radius 2 is 1.85 bits per heavy atom. The van der Waals surface area contributed by atoms with Gasteiger partial charge in [-0.25, -0.2) is 18.2 Å². The molecule has 2 aliphatic rings. The number of hydrogen-bond donors (Lipinski definition) is 0. The summed E-state index contributed by atoms with van der Waals surface area (Å²) in [6, 6.07) is 7.20. The number of rotatable bonds is 4. The van der Waals surface area contributed by atoms with Gasteiger partial charge in [0.25, 0.3) is 5.91 Å². The Labute approximate surface area is 195 Å². The van der Waals surface area contributed by atoms with Crippen LogP contribution in [0, 0.1) is 24.4 Å². The summed E-state index contributed by atoms with van der Waals surface area (Å²) < 4.78 is 48.6. The van der Waals surface area contributed by atoms with Gasteiger partial charge in [-0.1, -0.05) is 6.07 Å². The van der Waals surface area contributed by atoms with E-state index in [4.69, 9.17) is 4.74 Å². The van der Waals surface area contributed by atoms with Crippen LogP contribution in [0.3, 0.4) is 0 Å². The maximum absolute atomic E-state index is 13.9. The summed E-state index contributed by atoms with van der Waals surface area (Å²) in [5.74, 6) is -3.48. The summed E-state index contributed by atoms with van der Waals surface area (Å²) in [7, 11) is 1.59. The molecular weight excluding hydrogens is 443 g/mol. The molecule has 2 aromatic carbocycles. The average molecular weight is 467 g/mol. The highest BCUT2D eigenvalue weighted by Gasteiger charge is 2.42. The van der Waals surface area contributed by atoms with Crippen molar-refractivity contribution in [2.45, 2.75) is 44.7 Å². The zero-order valence-electron chi connectivity index (χ0n) is 18.9. The Morgan fingerprint density at radius 1 is 1.09 bits per heavy atom. The number of imidazole rings is 1. The minimum Gasteiger partial charge on any atom is -0.495 e. The van der Waals surface area contributed by atoms with Crippen molar-refractivity contribution in [3.63, 3.8) is 0 Å². The van der Waals surface area contributed by atoms with Crippen molar-refractivity contribution in [3.05, 3.63) is 82.7 Å². The fourth-order valence-corrected chi connectivity index (χ4v) is 5.05. The van der Waals surface area contributed by atoms with Gasteiger partial charge < -0.3 is 14.2 Å². The van der Waals surface area contributed by atoms with Crippen LogP contribution in [0.5, 0.6) is 5.75 Å². The second-order valence-corrected chi connectivity index (χ2v) is 8.82. The average Bonchev–Trinajstić information content (AvgIpc) is 3.45.